The molecule has 0 atom stereocenters. The number of carbonyl (C=O) groups is 1. The molecule has 0 aliphatic heterocycles. The van der Waals surface area contributed by atoms with Gasteiger partial charge in [-0.05, 0) is 37.6 Å². The van der Waals surface area contributed by atoms with Crippen molar-refractivity contribution in [3.8, 4) is 0 Å². The minimum atomic E-state index is 0.0474. The first-order valence-electron chi connectivity index (χ1n) is 7.10. The van der Waals surface area contributed by atoms with Crippen molar-refractivity contribution in [3.05, 3.63) is 66.0 Å². The van der Waals surface area contributed by atoms with Gasteiger partial charge in [-0.2, -0.15) is 5.10 Å². The Labute approximate surface area is 125 Å². The van der Waals surface area contributed by atoms with E-state index >= 15 is 0 Å². The molecule has 21 heavy (non-hydrogen) atoms. The summed E-state index contributed by atoms with van der Waals surface area (Å²) in [4.78, 5) is 14.2. The maximum Gasteiger partial charge on any atom is 0.254 e. The first-order chi connectivity index (χ1) is 10.1. The molecule has 2 aromatic rings. The van der Waals surface area contributed by atoms with E-state index in [2.05, 4.69) is 11.7 Å². The summed E-state index contributed by atoms with van der Waals surface area (Å²) in [6.07, 6.45) is 3.68. The second-order valence-corrected chi connectivity index (χ2v) is 5.18. The summed E-state index contributed by atoms with van der Waals surface area (Å²) >= 11 is 0. The Morgan fingerprint density at radius 3 is 2.57 bits per heavy atom. The molecule has 1 heterocycles. The Morgan fingerprint density at radius 1 is 1.33 bits per heavy atom. The van der Waals surface area contributed by atoms with Gasteiger partial charge in [0.1, 0.15) is 0 Å². The van der Waals surface area contributed by atoms with Gasteiger partial charge < -0.3 is 4.90 Å². The third-order valence-electron chi connectivity index (χ3n) is 3.23. The summed E-state index contributed by atoms with van der Waals surface area (Å²) in [6.45, 7) is 9.78. The van der Waals surface area contributed by atoms with Crippen LogP contribution in [0.15, 0.2) is 54.9 Å². The maximum absolute atomic E-state index is 12.4. The lowest BCUT2D eigenvalue weighted by atomic mass is 10.1. The van der Waals surface area contributed by atoms with Crippen LogP contribution in [0.1, 0.15) is 29.8 Å². The molecule has 2 rings (SSSR count). The van der Waals surface area contributed by atoms with Crippen LogP contribution in [0.5, 0.6) is 0 Å². The monoisotopic (exact) mass is 283 g/mol. The largest absolute Gasteiger partial charge is 0.335 e. The molecule has 1 aromatic carbocycles. The molecule has 4 heteroatoms. The maximum atomic E-state index is 12.4. The van der Waals surface area contributed by atoms with Gasteiger partial charge in [-0.25, -0.2) is 0 Å². The number of carbonyl (C=O) groups excluding carboxylic acids is 1. The van der Waals surface area contributed by atoms with E-state index in [0.29, 0.717) is 25.2 Å². The van der Waals surface area contributed by atoms with E-state index in [1.807, 2.05) is 55.1 Å². The Hall–Kier alpha value is -2.36. The molecule has 0 unspecified atom stereocenters. The van der Waals surface area contributed by atoms with Crippen LogP contribution in [0.2, 0.25) is 0 Å². The average molecular weight is 283 g/mol. The number of nitrogens with zero attached hydrogens (tertiary/aromatic N) is 3. The number of likely N-dealkylation sites (N-methyl/N-ethyl adjacent to an activating group) is 1. The summed E-state index contributed by atoms with van der Waals surface area (Å²) in [6, 6.07) is 9.60. The Morgan fingerprint density at radius 2 is 2.05 bits per heavy atom. The number of hydrogen-bond donors (Lipinski definition) is 0. The van der Waals surface area contributed by atoms with Crippen molar-refractivity contribution in [2.45, 2.75) is 20.4 Å². The van der Waals surface area contributed by atoms with Crippen molar-refractivity contribution in [3.63, 3.8) is 0 Å². The minimum Gasteiger partial charge on any atom is -0.335 e. The fraction of sp³-hybridized carbons (Fsp3) is 0.294. The van der Waals surface area contributed by atoms with Gasteiger partial charge in [0.25, 0.3) is 5.91 Å². The summed E-state index contributed by atoms with van der Waals surface area (Å²) in [5.74, 6) is 0.0474. The van der Waals surface area contributed by atoms with Crippen LogP contribution < -0.4 is 0 Å². The topological polar surface area (TPSA) is 38.1 Å². The number of amides is 1. The van der Waals surface area contributed by atoms with Crippen LogP contribution >= 0.6 is 0 Å². The summed E-state index contributed by atoms with van der Waals surface area (Å²) < 4.78 is 1.86. The Kier molecular flexibility index (Phi) is 4.93. The van der Waals surface area contributed by atoms with Crippen molar-refractivity contribution in [2.24, 2.45) is 0 Å². The van der Waals surface area contributed by atoms with Gasteiger partial charge in [0.2, 0.25) is 0 Å². The van der Waals surface area contributed by atoms with E-state index in [1.165, 1.54) is 0 Å². The van der Waals surface area contributed by atoms with Crippen molar-refractivity contribution >= 4 is 5.91 Å². The van der Waals surface area contributed by atoms with Gasteiger partial charge >= 0.3 is 0 Å². The zero-order valence-corrected chi connectivity index (χ0v) is 12.6. The van der Waals surface area contributed by atoms with Crippen molar-refractivity contribution < 1.29 is 4.79 Å². The summed E-state index contributed by atoms with van der Waals surface area (Å²) in [7, 11) is 0. The van der Waals surface area contributed by atoms with Gasteiger partial charge in [-0.3, -0.25) is 9.48 Å². The van der Waals surface area contributed by atoms with E-state index in [9.17, 15) is 4.79 Å². The van der Waals surface area contributed by atoms with E-state index < -0.39 is 0 Å². The van der Waals surface area contributed by atoms with Crippen LogP contribution in [-0.4, -0.2) is 33.7 Å². The van der Waals surface area contributed by atoms with E-state index in [-0.39, 0.29) is 5.91 Å². The van der Waals surface area contributed by atoms with Crippen LogP contribution in [0.3, 0.4) is 0 Å². The first kappa shape index (κ1) is 15.0. The third-order valence-corrected chi connectivity index (χ3v) is 3.23. The molecule has 1 amide bonds. The lowest BCUT2D eigenvalue weighted by Gasteiger charge is -2.21. The lowest BCUT2D eigenvalue weighted by Crippen LogP contribution is -2.32. The molecule has 0 saturated carbocycles. The zero-order chi connectivity index (χ0) is 15.2. The quantitative estimate of drug-likeness (QED) is 0.764. The minimum absolute atomic E-state index is 0.0474. The average Bonchev–Trinajstić information content (AvgIpc) is 2.97. The second-order valence-electron chi connectivity index (χ2n) is 5.18. The third kappa shape index (κ3) is 4.05. The second kappa shape index (κ2) is 6.88. The normalized spacial score (nSPS) is 10.4. The number of rotatable bonds is 6. The van der Waals surface area contributed by atoms with Crippen molar-refractivity contribution in [1.29, 1.82) is 0 Å². The van der Waals surface area contributed by atoms with Gasteiger partial charge in [-0.1, -0.05) is 24.3 Å². The predicted molar refractivity (Wildman–Crippen MR) is 84.2 cm³/mol. The SMILES string of the molecule is C=C(C)CN(CC)C(=O)c1ccc(Cn2cccn2)cc1. The van der Waals surface area contributed by atoms with Crippen LogP contribution in [0, 0.1) is 0 Å². The molecule has 0 aliphatic rings. The molecule has 110 valence electrons. The molecule has 0 saturated heterocycles. The lowest BCUT2D eigenvalue weighted by molar-refractivity contribution is 0.0778. The van der Waals surface area contributed by atoms with Crippen LogP contribution in [0.25, 0.3) is 0 Å². The van der Waals surface area contributed by atoms with E-state index in [4.69, 9.17) is 0 Å². The molecular formula is C17H21N3O. The molecule has 0 spiro atoms. The zero-order valence-electron chi connectivity index (χ0n) is 12.6. The number of benzene rings is 1. The van der Waals surface area contributed by atoms with Gasteiger partial charge in [0.05, 0.1) is 6.54 Å². The Balaban J connectivity index is 2.07. The van der Waals surface area contributed by atoms with E-state index in [1.54, 1.807) is 11.1 Å². The van der Waals surface area contributed by atoms with Crippen LogP contribution in [0.4, 0.5) is 0 Å². The molecule has 0 fully saturated rings. The fourth-order valence-electron chi connectivity index (χ4n) is 2.17. The molecule has 0 aliphatic carbocycles. The molecule has 0 radical (unpaired) electrons. The molecule has 4 nitrogen and oxygen atoms in total. The van der Waals surface area contributed by atoms with Crippen molar-refractivity contribution in [2.75, 3.05) is 13.1 Å². The highest BCUT2D eigenvalue weighted by Crippen LogP contribution is 2.10. The highest BCUT2D eigenvalue weighted by Gasteiger charge is 2.13. The smallest absolute Gasteiger partial charge is 0.254 e. The number of aromatic nitrogens is 2. The Bertz CT molecular complexity index is 599. The summed E-state index contributed by atoms with van der Waals surface area (Å²) in [5.41, 5.74) is 2.82. The first-order valence-corrected chi connectivity index (χ1v) is 7.10. The molecule has 1 aromatic heterocycles. The molecule has 0 N–H and O–H groups in total. The van der Waals surface area contributed by atoms with Crippen LogP contribution in [-0.2, 0) is 6.54 Å². The number of hydrogen-bond acceptors (Lipinski definition) is 2. The van der Waals surface area contributed by atoms with Gasteiger partial charge in [0, 0.05) is 31.0 Å². The fourth-order valence-corrected chi connectivity index (χ4v) is 2.17. The molecular weight excluding hydrogens is 262 g/mol. The van der Waals surface area contributed by atoms with Gasteiger partial charge in [-0.15, -0.1) is 0 Å². The van der Waals surface area contributed by atoms with E-state index in [0.717, 1.165) is 11.1 Å². The highest BCUT2D eigenvalue weighted by molar-refractivity contribution is 5.94. The van der Waals surface area contributed by atoms with Gasteiger partial charge in [0.15, 0.2) is 0 Å². The standard InChI is InChI=1S/C17H21N3O/c1-4-19(12-14(2)3)17(21)16-8-6-15(7-9-16)13-20-11-5-10-18-20/h5-11H,2,4,12-13H2,1,3H3. The molecule has 0 bridgehead atoms. The van der Waals surface area contributed by atoms with Crippen molar-refractivity contribution in [1.82, 2.24) is 14.7 Å². The predicted octanol–water partition coefficient (Wildman–Crippen LogP) is 2.97. The summed E-state index contributed by atoms with van der Waals surface area (Å²) in [5, 5.41) is 4.18. The highest BCUT2D eigenvalue weighted by atomic mass is 16.2.